The second-order valence-electron chi connectivity index (χ2n) is 3.22. The van der Waals surface area contributed by atoms with Gasteiger partial charge in [0.2, 0.25) is 0 Å². The molecule has 0 fully saturated rings. The first-order valence-electron chi connectivity index (χ1n) is 4.57. The first-order valence-corrected chi connectivity index (χ1v) is 4.57. The SMILES string of the molecule is CCCn1nncc1C(O)CC(F)(F)F. The lowest BCUT2D eigenvalue weighted by Crippen LogP contribution is -2.17. The highest BCUT2D eigenvalue weighted by Crippen LogP contribution is 2.28. The van der Waals surface area contributed by atoms with Crippen LogP contribution in [-0.2, 0) is 6.54 Å². The zero-order valence-electron chi connectivity index (χ0n) is 8.20. The molecule has 1 aromatic rings. The lowest BCUT2D eigenvalue weighted by molar-refractivity contribution is -0.155. The van der Waals surface area contributed by atoms with Crippen molar-refractivity contribution in [3.05, 3.63) is 11.9 Å². The average molecular weight is 223 g/mol. The van der Waals surface area contributed by atoms with Gasteiger partial charge in [-0.1, -0.05) is 12.1 Å². The van der Waals surface area contributed by atoms with Crippen LogP contribution in [0.3, 0.4) is 0 Å². The van der Waals surface area contributed by atoms with Gasteiger partial charge >= 0.3 is 6.18 Å². The number of hydrogen-bond acceptors (Lipinski definition) is 3. The van der Waals surface area contributed by atoms with Gasteiger partial charge in [0, 0.05) is 6.54 Å². The summed E-state index contributed by atoms with van der Waals surface area (Å²) in [6.07, 6.45) is -5.38. The number of aryl methyl sites for hydroxylation is 1. The zero-order chi connectivity index (χ0) is 11.5. The molecule has 0 aliphatic heterocycles. The highest BCUT2D eigenvalue weighted by Gasteiger charge is 2.33. The maximum Gasteiger partial charge on any atom is 0.391 e. The van der Waals surface area contributed by atoms with Gasteiger partial charge in [-0.15, -0.1) is 5.10 Å². The van der Waals surface area contributed by atoms with Crippen LogP contribution >= 0.6 is 0 Å². The van der Waals surface area contributed by atoms with Crippen molar-refractivity contribution in [2.24, 2.45) is 0 Å². The van der Waals surface area contributed by atoms with Gasteiger partial charge in [-0.3, -0.25) is 0 Å². The van der Waals surface area contributed by atoms with Crippen molar-refractivity contribution in [1.29, 1.82) is 0 Å². The minimum atomic E-state index is -4.39. The lowest BCUT2D eigenvalue weighted by Gasteiger charge is -2.13. The molecular weight excluding hydrogens is 211 g/mol. The molecule has 0 bridgehead atoms. The Morgan fingerprint density at radius 3 is 2.73 bits per heavy atom. The molecule has 1 aromatic heterocycles. The van der Waals surface area contributed by atoms with Crippen LogP contribution in [0, 0.1) is 0 Å². The Hall–Kier alpha value is -1.11. The molecule has 0 aromatic carbocycles. The molecule has 0 spiro atoms. The minimum Gasteiger partial charge on any atom is -0.386 e. The molecule has 0 radical (unpaired) electrons. The highest BCUT2D eigenvalue weighted by atomic mass is 19.4. The third-order valence-corrected chi connectivity index (χ3v) is 1.85. The fraction of sp³-hybridized carbons (Fsp3) is 0.750. The lowest BCUT2D eigenvalue weighted by atomic mass is 10.2. The Bertz CT molecular complexity index is 310. The van der Waals surface area contributed by atoms with E-state index >= 15 is 0 Å². The molecule has 0 aliphatic carbocycles. The van der Waals surface area contributed by atoms with E-state index in [0.29, 0.717) is 6.54 Å². The molecule has 86 valence electrons. The van der Waals surface area contributed by atoms with E-state index in [0.717, 1.165) is 12.6 Å². The van der Waals surface area contributed by atoms with Crippen LogP contribution in [-0.4, -0.2) is 26.3 Å². The number of aromatic nitrogens is 3. The summed E-state index contributed by atoms with van der Waals surface area (Å²) in [6.45, 7) is 2.31. The van der Waals surface area contributed by atoms with E-state index in [-0.39, 0.29) is 5.69 Å². The van der Waals surface area contributed by atoms with Crippen LogP contribution in [0.1, 0.15) is 31.6 Å². The summed E-state index contributed by atoms with van der Waals surface area (Å²) in [4.78, 5) is 0. The van der Waals surface area contributed by atoms with E-state index in [4.69, 9.17) is 0 Å². The van der Waals surface area contributed by atoms with E-state index < -0.39 is 18.7 Å². The van der Waals surface area contributed by atoms with Crippen molar-refractivity contribution in [3.8, 4) is 0 Å². The summed E-state index contributed by atoms with van der Waals surface area (Å²) in [7, 11) is 0. The summed E-state index contributed by atoms with van der Waals surface area (Å²) >= 11 is 0. The molecule has 15 heavy (non-hydrogen) atoms. The first-order chi connectivity index (χ1) is 6.94. The van der Waals surface area contributed by atoms with E-state index in [2.05, 4.69) is 10.3 Å². The fourth-order valence-corrected chi connectivity index (χ4v) is 1.23. The zero-order valence-corrected chi connectivity index (χ0v) is 8.20. The van der Waals surface area contributed by atoms with Crippen LogP contribution in [0.5, 0.6) is 0 Å². The van der Waals surface area contributed by atoms with Crippen molar-refractivity contribution in [2.75, 3.05) is 0 Å². The van der Waals surface area contributed by atoms with E-state index in [1.165, 1.54) is 4.68 Å². The molecular formula is C8H12F3N3O. The van der Waals surface area contributed by atoms with Gasteiger partial charge in [-0.2, -0.15) is 13.2 Å². The van der Waals surface area contributed by atoms with Crippen molar-refractivity contribution < 1.29 is 18.3 Å². The summed E-state index contributed by atoms with van der Waals surface area (Å²) in [5.41, 5.74) is 0.106. The van der Waals surface area contributed by atoms with Gasteiger partial charge < -0.3 is 5.11 Å². The Balaban J connectivity index is 2.72. The van der Waals surface area contributed by atoms with Crippen LogP contribution < -0.4 is 0 Å². The molecule has 0 aliphatic rings. The van der Waals surface area contributed by atoms with Crippen molar-refractivity contribution >= 4 is 0 Å². The Kier molecular flexibility index (Phi) is 3.67. The number of rotatable bonds is 4. The third-order valence-electron chi connectivity index (χ3n) is 1.85. The number of halogens is 3. The first kappa shape index (κ1) is 12.0. The predicted octanol–water partition coefficient (Wildman–Crippen LogP) is 1.67. The third kappa shape index (κ3) is 3.50. The van der Waals surface area contributed by atoms with Gasteiger partial charge in [0.05, 0.1) is 18.3 Å². The molecule has 0 saturated heterocycles. The van der Waals surface area contributed by atoms with E-state index in [1.807, 2.05) is 6.92 Å². The van der Waals surface area contributed by atoms with Gasteiger partial charge in [0.25, 0.3) is 0 Å². The molecule has 0 amide bonds. The maximum absolute atomic E-state index is 12.0. The van der Waals surface area contributed by atoms with Crippen molar-refractivity contribution in [3.63, 3.8) is 0 Å². The standard InChI is InChI=1S/C8H12F3N3O/c1-2-3-14-6(5-12-13-14)7(15)4-8(9,10)11/h5,7,15H,2-4H2,1H3. The Labute approximate surface area is 84.7 Å². The smallest absolute Gasteiger partial charge is 0.386 e. The minimum absolute atomic E-state index is 0.106. The number of hydrogen-bond donors (Lipinski definition) is 1. The van der Waals surface area contributed by atoms with Crippen LogP contribution in [0.25, 0.3) is 0 Å². The summed E-state index contributed by atoms with van der Waals surface area (Å²) in [5.74, 6) is 0. The second kappa shape index (κ2) is 4.61. The monoisotopic (exact) mass is 223 g/mol. The molecule has 7 heteroatoms. The van der Waals surface area contributed by atoms with Crippen LogP contribution in [0.4, 0.5) is 13.2 Å². The number of alkyl halides is 3. The number of nitrogens with zero attached hydrogens (tertiary/aromatic N) is 3. The summed E-state index contributed by atoms with van der Waals surface area (Å²) in [5, 5.41) is 16.4. The molecule has 1 heterocycles. The van der Waals surface area contributed by atoms with Gasteiger partial charge in [-0.05, 0) is 6.42 Å². The summed E-state index contributed by atoms with van der Waals surface area (Å²) < 4.78 is 37.3. The normalized spacial score (nSPS) is 14.2. The van der Waals surface area contributed by atoms with Crippen molar-refractivity contribution in [1.82, 2.24) is 15.0 Å². The second-order valence-corrected chi connectivity index (χ2v) is 3.22. The molecule has 1 atom stereocenters. The average Bonchev–Trinajstić information content (AvgIpc) is 2.49. The molecule has 1 N–H and O–H groups in total. The predicted molar refractivity (Wildman–Crippen MR) is 45.9 cm³/mol. The molecule has 0 saturated carbocycles. The molecule has 4 nitrogen and oxygen atoms in total. The van der Waals surface area contributed by atoms with Crippen LogP contribution in [0.15, 0.2) is 6.20 Å². The van der Waals surface area contributed by atoms with Gasteiger partial charge in [0.1, 0.15) is 6.10 Å². The molecule has 1 unspecified atom stereocenters. The van der Waals surface area contributed by atoms with E-state index in [1.54, 1.807) is 0 Å². The Morgan fingerprint density at radius 2 is 2.20 bits per heavy atom. The number of aliphatic hydroxyl groups excluding tert-OH is 1. The topological polar surface area (TPSA) is 50.9 Å². The highest BCUT2D eigenvalue weighted by molar-refractivity contribution is 4.99. The van der Waals surface area contributed by atoms with Crippen LogP contribution in [0.2, 0.25) is 0 Å². The Morgan fingerprint density at radius 1 is 1.53 bits per heavy atom. The summed E-state index contributed by atoms with van der Waals surface area (Å²) in [6, 6.07) is 0. The molecule has 1 rings (SSSR count). The maximum atomic E-state index is 12.0. The number of aliphatic hydroxyl groups is 1. The van der Waals surface area contributed by atoms with Crippen molar-refractivity contribution in [2.45, 2.75) is 38.6 Å². The fourth-order valence-electron chi connectivity index (χ4n) is 1.23. The van der Waals surface area contributed by atoms with E-state index in [9.17, 15) is 18.3 Å². The largest absolute Gasteiger partial charge is 0.391 e. The van der Waals surface area contributed by atoms with Gasteiger partial charge in [-0.25, -0.2) is 4.68 Å². The van der Waals surface area contributed by atoms with Gasteiger partial charge in [0.15, 0.2) is 0 Å². The quantitative estimate of drug-likeness (QED) is 0.844.